The molecule has 2 aromatic carbocycles. The molecule has 0 bridgehead atoms. The van der Waals surface area contributed by atoms with Gasteiger partial charge in [-0.2, -0.15) is 0 Å². The van der Waals surface area contributed by atoms with E-state index in [4.69, 9.17) is 4.74 Å². The molecule has 1 fully saturated rings. The van der Waals surface area contributed by atoms with Crippen molar-refractivity contribution in [1.29, 1.82) is 0 Å². The second-order valence-electron chi connectivity index (χ2n) is 11.2. The first-order chi connectivity index (χ1) is 18.1. The molecular formula is C29H40Br2N4O3. The molecule has 1 amide bonds. The summed E-state index contributed by atoms with van der Waals surface area (Å²) < 4.78 is 9.63. The summed E-state index contributed by atoms with van der Waals surface area (Å²) in [6.07, 6.45) is 2.39. The monoisotopic (exact) mass is 650 g/mol. The van der Waals surface area contributed by atoms with Gasteiger partial charge in [0.15, 0.2) is 0 Å². The van der Waals surface area contributed by atoms with E-state index in [2.05, 4.69) is 87.9 Å². The number of fused-ring (bicyclic) bond motifs is 3. The van der Waals surface area contributed by atoms with Crippen molar-refractivity contribution in [3.63, 3.8) is 0 Å². The number of piperazine rings is 1. The smallest absolute Gasteiger partial charge is 0.407 e. The summed E-state index contributed by atoms with van der Waals surface area (Å²) >= 11 is 7.21. The number of ether oxygens (including phenoxy) is 1. The lowest BCUT2D eigenvalue weighted by atomic mass is 10.2. The Hall–Kier alpha value is -1.65. The molecule has 9 heteroatoms. The SMILES string of the molecule is CC(C)(C)OC(=O)NCCCCCN1CCN(CC(O)Cn2c3ccc(Br)cc3c3cc(Br)ccc32)CC1. The molecule has 2 N–H and O–H groups in total. The maximum Gasteiger partial charge on any atom is 0.407 e. The molecule has 208 valence electrons. The zero-order chi connectivity index (χ0) is 27.3. The average Bonchev–Trinajstić information content (AvgIpc) is 3.13. The van der Waals surface area contributed by atoms with Crippen LogP contribution in [-0.4, -0.2) is 83.1 Å². The highest BCUT2D eigenvalue weighted by atomic mass is 79.9. The van der Waals surface area contributed by atoms with Crippen LogP contribution in [0, 0.1) is 0 Å². The predicted molar refractivity (Wildman–Crippen MR) is 162 cm³/mol. The first-order valence-corrected chi connectivity index (χ1v) is 15.1. The predicted octanol–water partition coefficient (Wildman–Crippen LogP) is 5.99. The standard InChI is InChI=1S/C29H40Br2N4O3/c1-29(2,3)38-28(37)32-11-5-4-6-12-33-13-15-34(16-14-33)19-23(36)20-35-26-9-7-21(30)17-24(26)25-18-22(31)8-10-27(25)35/h7-10,17-18,23,36H,4-6,11-16,19-20H2,1-3H3,(H,32,37). The van der Waals surface area contributed by atoms with E-state index in [0.29, 0.717) is 19.6 Å². The van der Waals surface area contributed by atoms with Gasteiger partial charge >= 0.3 is 6.09 Å². The summed E-state index contributed by atoms with van der Waals surface area (Å²) in [4.78, 5) is 16.6. The van der Waals surface area contributed by atoms with Crippen molar-refractivity contribution < 1.29 is 14.6 Å². The Bertz CT molecular complexity index is 1170. The van der Waals surface area contributed by atoms with Gasteiger partial charge in [-0.1, -0.05) is 38.3 Å². The first-order valence-electron chi connectivity index (χ1n) is 13.6. The van der Waals surface area contributed by atoms with Crippen molar-refractivity contribution in [2.45, 2.75) is 58.3 Å². The van der Waals surface area contributed by atoms with Crippen LogP contribution >= 0.6 is 31.9 Å². The van der Waals surface area contributed by atoms with E-state index in [1.54, 1.807) is 0 Å². The maximum atomic E-state index is 11.7. The number of alkyl carbamates (subject to hydrolysis) is 1. The molecule has 1 atom stereocenters. The quantitative estimate of drug-likeness (QED) is 0.264. The molecule has 3 aromatic rings. The van der Waals surface area contributed by atoms with E-state index < -0.39 is 11.7 Å². The molecular weight excluding hydrogens is 612 g/mol. The van der Waals surface area contributed by atoms with Gasteiger partial charge in [0.1, 0.15) is 5.60 Å². The molecule has 0 aliphatic carbocycles. The molecule has 38 heavy (non-hydrogen) atoms. The fourth-order valence-corrected chi connectivity index (χ4v) is 5.87. The number of carbonyl (C=O) groups excluding carboxylic acids is 1. The Labute approximate surface area is 242 Å². The van der Waals surface area contributed by atoms with Crippen LogP contribution in [-0.2, 0) is 11.3 Å². The van der Waals surface area contributed by atoms with Crippen LogP contribution in [0.1, 0.15) is 40.0 Å². The van der Waals surface area contributed by atoms with Gasteiger partial charge in [-0.05, 0) is 76.6 Å². The summed E-state index contributed by atoms with van der Waals surface area (Å²) in [6, 6.07) is 12.7. The molecule has 1 aliphatic heterocycles. The van der Waals surface area contributed by atoms with Crippen molar-refractivity contribution >= 4 is 59.8 Å². The summed E-state index contributed by atoms with van der Waals surface area (Å²) in [5.74, 6) is 0. The number of rotatable bonds is 10. The van der Waals surface area contributed by atoms with Crippen LogP contribution in [0.4, 0.5) is 4.79 Å². The summed E-state index contributed by atoms with van der Waals surface area (Å²) in [6.45, 7) is 12.6. The highest BCUT2D eigenvalue weighted by molar-refractivity contribution is 9.10. The Balaban J connectivity index is 1.19. The number of unbranched alkanes of at least 4 members (excludes halogenated alkanes) is 2. The number of β-amino-alcohol motifs (C(OH)–C–C–N with tert-alkyl or cyclic N) is 1. The van der Waals surface area contributed by atoms with Crippen LogP contribution < -0.4 is 5.32 Å². The third-order valence-corrected chi connectivity index (χ3v) is 7.92. The highest BCUT2D eigenvalue weighted by Crippen LogP contribution is 2.33. The third kappa shape index (κ3) is 8.18. The number of nitrogens with zero attached hydrogens (tertiary/aromatic N) is 3. The van der Waals surface area contributed by atoms with E-state index in [9.17, 15) is 9.90 Å². The van der Waals surface area contributed by atoms with Gasteiger partial charge in [-0.25, -0.2) is 4.79 Å². The van der Waals surface area contributed by atoms with Gasteiger partial charge in [-0.3, -0.25) is 4.90 Å². The van der Waals surface area contributed by atoms with Gasteiger partial charge < -0.3 is 24.6 Å². The van der Waals surface area contributed by atoms with Gasteiger partial charge in [0.2, 0.25) is 0 Å². The maximum absolute atomic E-state index is 11.7. The lowest BCUT2D eigenvalue weighted by molar-refractivity contribution is 0.0526. The second-order valence-corrected chi connectivity index (χ2v) is 13.1. The van der Waals surface area contributed by atoms with E-state index >= 15 is 0 Å². The summed E-state index contributed by atoms with van der Waals surface area (Å²) in [7, 11) is 0. The molecule has 0 spiro atoms. The van der Waals surface area contributed by atoms with Crippen LogP contribution in [0.2, 0.25) is 0 Å². The van der Waals surface area contributed by atoms with E-state index in [1.807, 2.05) is 20.8 Å². The minimum absolute atomic E-state index is 0.338. The molecule has 1 saturated heterocycles. The van der Waals surface area contributed by atoms with Crippen molar-refractivity contribution in [2.75, 3.05) is 45.8 Å². The van der Waals surface area contributed by atoms with Crippen LogP contribution in [0.15, 0.2) is 45.3 Å². The lowest BCUT2D eigenvalue weighted by Crippen LogP contribution is -2.49. The van der Waals surface area contributed by atoms with Crippen molar-refractivity contribution in [1.82, 2.24) is 19.7 Å². The number of amides is 1. The number of nitrogens with one attached hydrogen (secondary N) is 1. The Kier molecular flexibility index (Phi) is 10.1. The van der Waals surface area contributed by atoms with Crippen molar-refractivity contribution in [2.24, 2.45) is 0 Å². The largest absolute Gasteiger partial charge is 0.444 e. The molecule has 4 rings (SSSR count). The van der Waals surface area contributed by atoms with Crippen LogP contribution in [0.25, 0.3) is 21.8 Å². The Morgan fingerprint density at radius 1 is 0.921 bits per heavy atom. The average molecular weight is 652 g/mol. The van der Waals surface area contributed by atoms with E-state index in [1.165, 1.54) is 10.8 Å². The summed E-state index contributed by atoms with van der Waals surface area (Å²) in [5, 5.41) is 16.3. The highest BCUT2D eigenvalue weighted by Gasteiger charge is 2.21. The molecule has 1 aromatic heterocycles. The minimum atomic E-state index is -0.456. The number of aliphatic hydroxyl groups excluding tert-OH is 1. The third-order valence-electron chi connectivity index (χ3n) is 6.94. The minimum Gasteiger partial charge on any atom is -0.444 e. The molecule has 2 heterocycles. The Morgan fingerprint density at radius 3 is 2.08 bits per heavy atom. The van der Waals surface area contributed by atoms with Gasteiger partial charge in [0.05, 0.1) is 12.6 Å². The number of hydrogen-bond acceptors (Lipinski definition) is 5. The Morgan fingerprint density at radius 2 is 1.50 bits per heavy atom. The second kappa shape index (κ2) is 13.1. The number of aromatic nitrogens is 1. The van der Waals surface area contributed by atoms with E-state index in [-0.39, 0.29) is 6.09 Å². The number of hydrogen-bond donors (Lipinski definition) is 2. The molecule has 7 nitrogen and oxygen atoms in total. The van der Waals surface area contributed by atoms with E-state index in [0.717, 1.165) is 72.0 Å². The van der Waals surface area contributed by atoms with Crippen LogP contribution in [0.3, 0.4) is 0 Å². The topological polar surface area (TPSA) is 70.0 Å². The number of halogens is 2. The fraction of sp³-hybridized carbons (Fsp3) is 0.552. The van der Waals surface area contributed by atoms with Gasteiger partial charge in [0.25, 0.3) is 0 Å². The molecule has 0 saturated carbocycles. The zero-order valence-corrected chi connectivity index (χ0v) is 25.9. The molecule has 1 unspecified atom stereocenters. The first kappa shape index (κ1) is 29.3. The number of benzene rings is 2. The number of carbonyl (C=O) groups is 1. The van der Waals surface area contributed by atoms with Crippen molar-refractivity contribution in [3.8, 4) is 0 Å². The van der Waals surface area contributed by atoms with Gasteiger partial charge in [-0.15, -0.1) is 0 Å². The lowest BCUT2D eigenvalue weighted by Gasteiger charge is -2.35. The fourth-order valence-electron chi connectivity index (χ4n) is 5.15. The summed E-state index contributed by atoms with van der Waals surface area (Å²) in [5.41, 5.74) is 1.83. The van der Waals surface area contributed by atoms with Crippen LogP contribution in [0.5, 0.6) is 0 Å². The molecule has 1 aliphatic rings. The number of aliphatic hydroxyl groups is 1. The molecule has 0 radical (unpaired) electrons. The normalized spacial score (nSPS) is 16.3. The van der Waals surface area contributed by atoms with Crippen molar-refractivity contribution in [3.05, 3.63) is 45.3 Å². The van der Waals surface area contributed by atoms with Gasteiger partial charge in [0, 0.05) is 70.0 Å². The zero-order valence-electron chi connectivity index (χ0n) is 22.7.